The second-order valence-electron chi connectivity index (χ2n) is 13.6. The third-order valence-corrected chi connectivity index (χ3v) is 10.7. The van der Waals surface area contributed by atoms with Crippen LogP contribution in [0.4, 0.5) is 0 Å². The fraction of sp³-hybridized carbons (Fsp3) is 0. The molecule has 8 aromatic carbocycles. The van der Waals surface area contributed by atoms with Crippen molar-refractivity contribution in [3.05, 3.63) is 188 Å². The smallest absolute Gasteiger partial charge is 0.145 e. The van der Waals surface area contributed by atoms with E-state index in [-0.39, 0.29) is 0 Å². The summed E-state index contributed by atoms with van der Waals surface area (Å²) < 4.78 is 4.79. The molecule has 3 heterocycles. The van der Waals surface area contributed by atoms with E-state index in [2.05, 4.69) is 197 Å². The van der Waals surface area contributed by atoms with Crippen molar-refractivity contribution in [2.45, 2.75) is 0 Å². The van der Waals surface area contributed by atoms with E-state index < -0.39 is 0 Å². The summed E-state index contributed by atoms with van der Waals surface area (Å²) >= 11 is 0. The Bertz CT molecular complexity index is 3000. The molecule has 0 N–H and O–H groups in total. The highest BCUT2D eigenvalue weighted by Crippen LogP contribution is 2.49. The average Bonchev–Trinajstić information content (AvgIpc) is 3.74. The van der Waals surface area contributed by atoms with Crippen LogP contribution in [0, 0.1) is 0 Å². The highest BCUT2D eigenvalue weighted by molar-refractivity contribution is 6.17. The fourth-order valence-corrected chi connectivity index (χ4v) is 8.32. The number of aromatic nitrogens is 3. The minimum atomic E-state index is 0.936. The monoisotopic (exact) mass is 661 g/mol. The zero-order chi connectivity index (χ0) is 34.2. The number of rotatable bonds is 4. The maximum Gasteiger partial charge on any atom is 0.145 e. The third kappa shape index (κ3) is 4.30. The number of imidazole rings is 1. The van der Waals surface area contributed by atoms with E-state index in [0.717, 1.165) is 33.7 Å². The van der Waals surface area contributed by atoms with Crippen molar-refractivity contribution in [1.29, 1.82) is 0 Å². The van der Waals surface area contributed by atoms with Crippen LogP contribution in [-0.2, 0) is 0 Å². The standard InChI is InChI=1S/C49H31N3/c1-3-14-32(15-4-1)35-26-27-46-41(29-35)38-20-7-8-21-39(38)42-30-36(31-43-40-22-9-11-24-45(40)52(46)48(42)43)34-18-13-19-37(28-34)51-47-25-12-10-23-44(47)50-49(51)33-16-5-2-6-17-33/h1-31H. The first kappa shape index (κ1) is 28.8. The predicted octanol–water partition coefficient (Wildman–Crippen LogP) is 12.8. The fourth-order valence-electron chi connectivity index (χ4n) is 8.32. The van der Waals surface area contributed by atoms with Crippen molar-refractivity contribution >= 4 is 32.8 Å². The van der Waals surface area contributed by atoms with Crippen LogP contribution in [0.5, 0.6) is 0 Å². The molecule has 0 spiro atoms. The Morgan fingerprint density at radius 3 is 1.81 bits per heavy atom. The SMILES string of the molecule is c1ccc(-c2ccc3c(c2)-c2ccccc2-c2cc(-c4cccc(-n5c(-c6ccccc6)nc6ccccc65)c4)cc4c5ccccc5n-3c24)cc1. The van der Waals surface area contributed by atoms with Crippen molar-refractivity contribution in [3.8, 4) is 67.3 Å². The van der Waals surface area contributed by atoms with Crippen molar-refractivity contribution < 1.29 is 0 Å². The van der Waals surface area contributed by atoms with Crippen LogP contribution in [0.3, 0.4) is 0 Å². The Balaban J connectivity index is 1.17. The van der Waals surface area contributed by atoms with Gasteiger partial charge in [0.15, 0.2) is 0 Å². The molecular weight excluding hydrogens is 631 g/mol. The van der Waals surface area contributed by atoms with E-state index in [0.29, 0.717) is 0 Å². The van der Waals surface area contributed by atoms with Crippen molar-refractivity contribution in [3.63, 3.8) is 0 Å². The number of benzene rings is 8. The Morgan fingerprint density at radius 2 is 0.981 bits per heavy atom. The van der Waals surface area contributed by atoms with Gasteiger partial charge in [0, 0.05) is 33.2 Å². The van der Waals surface area contributed by atoms with E-state index in [1.807, 2.05) is 0 Å². The molecule has 2 aromatic heterocycles. The predicted molar refractivity (Wildman–Crippen MR) is 216 cm³/mol. The Labute approximate surface area is 301 Å². The first-order chi connectivity index (χ1) is 25.8. The molecule has 0 saturated carbocycles. The quantitative estimate of drug-likeness (QED) is 0.184. The molecular formula is C49H31N3. The minimum absolute atomic E-state index is 0.936. The maximum absolute atomic E-state index is 5.12. The van der Waals surface area contributed by atoms with Gasteiger partial charge in [-0.25, -0.2) is 4.98 Å². The van der Waals surface area contributed by atoms with E-state index in [1.165, 1.54) is 66.4 Å². The van der Waals surface area contributed by atoms with E-state index in [1.54, 1.807) is 0 Å². The molecule has 0 aliphatic carbocycles. The van der Waals surface area contributed by atoms with E-state index in [9.17, 15) is 0 Å². The van der Waals surface area contributed by atoms with Crippen LogP contribution in [0.25, 0.3) is 100 Å². The molecule has 0 bridgehead atoms. The van der Waals surface area contributed by atoms with Gasteiger partial charge in [-0.3, -0.25) is 4.57 Å². The summed E-state index contributed by atoms with van der Waals surface area (Å²) in [6, 6.07) is 68.0. The summed E-state index contributed by atoms with van der Waals surface area (Å²) in [4.78, 5) is 5.12. The van der Waals surface area contributed by atoms with Gasteiger partial charge in [-0.15, -0.1) is 0 Å². The largest absolute Gasteiger partial charge is 0.308 e. The first-order valence-electron chi connectivity index (χ1n) is 17.8. The summed E-state index contributed by atoms with van der Waals surface area (Å²) in [6.07, 6.45) is 0. The maximum atomic E-state index is 5.12. The molecule has 1 aliphatic heterocycles. The molecule has 52 heavy (non-hydrogen) atoms. The lowest BCUT2D eigenvalue weighted by atomic mass is 9.90. The van der Waals surface area contributed by atoms with Gasteiger partial charge in [0.05, 0.1) is 27.8 Å². The molecule has 3 nitrogen and oxygen atoms in total. The van der Waals surface area contributed by atoms with Crippen LogP contribution in [0.2, 0.25) is 0 Å². The van der Waals surface area contributed by atoms with Crippen LogP contribution in [0.15, 0.2) is 188 Å². The van der Waals surface area contributed by atoms with Gasteiger partial charge in [-0.05, 0) is 88.0 Å². The Kier molecular flexibility index (Phi) is 6.25. The summed E-state index contributed by atoms with van der Waals surface area (Å²) in [5, 5.41) is 2.50. The second kappa shape index (κ2) is 11.3. The minimum Gasteiger partial charge on any atom is -0.308 e. The lowest BCUT2D eigenvalue weighted by Crippen LogP contribution is -1.98. The van der Waals surface area contributed by atoms with Gasteiger partial charge >= 0.3 is 0 Å². The van der Waals surface area contributed by atoms with Gasteiger partial charge in [0.25, 0.3) is 0 Å². The van der Waals surface area contributed by atoms with Crippen molar-refractivity contribution in [2.75, 3.05) is 0 Å². The van der Waals surface area contributed by atoms with Crippen LogP contribution < -0.4 is 0 Å². The lowest BCUT2D eigenvalue weighted by molar-refractivity contribution is 1.10. The highest BCUT2D eigenvalue weighted by atomic mass is 15.1. The molecule has 11 rings (SSSR count). The van der Waals surface area contributed by atoms with Crippen LogP contribution in [0.1, 0.15) is 0 Å². The summed E-state index contributed by atoms with van der Waals surface area (Å²) in [7, 11) is 0. The number of para-hydroxylation sites is 3. The van der Waals surface area contributed by atoms with Crippen molar-refractivity contribution in [1.82, 2.24) is 14.1 Å². The number of hydrogen-bond acceptors (Lipinski definition) is 1. The number of hydrogen-bond donors (Lipinski definition) is 0. The number of nitrogens with zero attached hydrogens (tertiary/aromatic N) is 3. The van der Waals surface area contributed by atoms with E-state index >= 15 is 0 Å². The van der Waals surface area contributed by atoms with Gasteiger partial charge in [-0.2, -0.15) is 0 Å². The third-order valence-electron chi connectivity index (χ3n) is 10.7. The average molecular weight is 662 g/mol. The summed E-state index contributed by atoms with van der Waals surface area (Å²) in [6.45, 7) is 0. The zero-order valence-electron chi connectivity index (χ0n) is 28.2. The molecule has 1 aliphatic rings. The topological polar surface area (TPSA) is 22.8 Å². The summed E-state index contributed by atoms with van der Waals surface area (Å²) in [5.41, 5.74) is 17.6. The van der Waals surface area contributed by atoms with Gasteiger partial charge < -0.3 is 4.57 Å². The first-order valence-corrected chi connectivity index (χ1v) is 17.8. The molecule has 0 fully saturated rings. The molecule has 10 aromatic rings. The Hall–Kier alpha value is -6.97. The summed E-state index contributed by atoms with van der Waals surface area (Å²) in [5.74, 6) is 0.936. The second-order valence-corrected chi connectivity index (χ2v) is 13.6. The molecule has 0 unspecified atom stereocenters. The molecule has 0 atom stereocenters. The van der Waals surface area contributed by atoms with Gasteiger partial charge in [-0.1, -0.05) is 133 Å². The van der Waals surface area contributed by atoms with E-state index in [4.69, 9.17) is 4.98 Å². The normalized spacial score (nSPS) is 11.8. The van der Waals surface area contributed by atoms with Gasteiger partial charge in [0.1, 0.15) is 5.82 Å². The molecule has 0 radical (unpaired) electrons. The Morgan fingerprint density at radius 1 is 0.346 bits per heavy atom. The highest BCUT2D eigenvalue weighted by Gasteiger charge is 2.26. The number of fused-ring (bicyclic) bond motifs is 9. The molecule has 242 valence electrons. The lowest BCUT2D eigenvalue weighted by Gasteiger charge is -2.14. The van der Waals surface area contributed by atoms with Gasteiger partial charge in [0.2, 0.25) is 0 Å². The van der Waals surface area contributed by atoms with Crippen LogP contribution in [-0.4, -0.2) is 14.1 Å². The van der Waals surface area contributed by atoms with Crippen LogP contribution >= 0.6 is 0 Å². The molecule has 0 saturated heterocycles. The molecule has 3 heteroatoms. The molecule has 0 amide bonds. The zero-order valence-corrected chi connectivity index (χ0v) is 28.2. The van der Waals surface area contributed by atoms with Crippen molar-refractivity contribution in [2.24, 2.45) is 0 Å².